The molecule has 0 aliphatic heterocycles. The van der Waals surface area contributed by atoms with E-state index in [-0.39, 0.29) is 69.3 Å². The quantitative estimate of drug-likeness (QED) is 0.0476. The second-order valence-electron chi connectivity index (χ2n) is 15.6. The average Bonchev–Trinajstić information content (AvgIpc) is 3.12. The number of ketones is 1. The highest BCUT2D eigenvalue weighted by atomic mass is 16.6. The van der Waals surface area contributed by atoms with E-state index in [2.05, 4.69) is 16.0 Å². The fraction of sp³-hybridized carbons (Fsp3) is 0.829. The minimum Gasteiger partial charge on any atom is -0.466 e. The van der Waals surface area contributed by atoms with Gasteiger partial charge in [0.15, 0.2) is 0 Å². The predicted octanol–water partition coefficient (Wildman–Crippen LogP) is 4.35. The first-order valence-corrected chi connectivity index (χ1v) is 20.7. The van der Waals surface area contributed by atoms with Gasteiger partial charge in [-0.15, -0.1) is 0 Å². The number of unbranched alkanes of at least 4 members (excludes halogenated alkanes) is 1. The lowest BCUT2D eigenvalue weighted by atomic mass is 9.95. The number of alkyl carbamates (subject to hydrolysis) is 1. The molecule has 0 aliphatic carbocycles. The molecule has 3 amide bonds. The van der Waals surface area contributed by atoms with Crippen LogP contribution in [0.3, 0.4) is 0 Å². The highest BCUT2D eigenvalue weighted by Gasteiger charge is 2.26. The van der Waals surface area contributed by atoms with Crippen molar-refractivity contribution in [3.8, 4) is 0 Å². The van der Waals surface area contributed by atoms with Crippen molar-refractivity contribution in [2.24, 2.45) is 11.8 Å². The Morgan fingerprint density at radius 1 is 0.517 bits per heavy atom. The Hall–Kier alpha value is -3.83. The molecule has 336 valence electrons. The van der Waals surface area contributed by atoms with Crippen LogP contribution in [0.25, 0.3) is 0 Å². The summed E-state index contributed by atoms with van der Waals surface area (Å²) in [4.78, 5) is 85.8. The molecule has 58 heavy (non-hydrogen) atoms. The smallest absolute Gasteiger partial charge is 0.407 e. The van der Waals surface area contributed by atoms with Gasteiger partial charge in [0.05, 0.1) is 52.0 Å². The zero-order valence-corrected chi connectivity index (χ0v) is 36.4. The van der Waals surface area contributed by atoms with E-state index >= 15 is 0 Å². The maximum atomic E-state index is 12.9. The van der Waals surface area contributed by atoms with Crippen molar-refractivity contribution in [1.82, 2.24) is 16.0 Å². The molecule has 17 heteroatoms. The van der Waals surface area contributed by atoms with Gasteiger partial charge in [-0.1, -0.05) is 6.42 Å². The number of esters is 3. The van der Waals surface area contributed by atoms with Crippen LogP contribution in [0.5, 0.6) is 0 Å². The Morgan fingerprint density at radius 3 is 1.64 bits per heavy atom. The van der Waals surface area contributed by atoms with E-state index in [1.165, 1.54) is 0 Å². The molecule has 2 atom stereocenters. The molecule has 0 aromatic carbocycles. The van der Waals surface area contributed by atoms with Crippen LogP contribution >= 0.6 is 0 Å². The van der Waals surface area contributed by atoms with Crippen molar-refractivity contribution in [3.63, 3.8) is 0 Å². The molecule has 0 spiro atoms. The van der Waals surface area contributed by atoms with Crippen LogP contribution in [0.4, 0.5) is 4.79 Å². The van der Waals surface area contributed by atoms with Gasteiger partial charge in [0.2, 0.25) is 11.8 Å². The predicted molar refractivity (Wildman–Crippen MR) is 215 cm³/mol. The third kappa shape index (κ3) is 33.2. The molecule has 0 fully saturated rings. The summed E-state index contributed by atoms with van der Waals surface area (Å²) >= 11 is 0. The lowest BCUT2D eigenvalue weighted by Crippen LogP contribution is -2.35. The van der Waals surface area contributed by atoms with Crippen molar-refractivity contribution in [1.29, 1.82) is 0 Å². The summed E-state index contributed by atoms with van der Waals surface area (Å²) in [5, 5.41) is 8.34. The van der Waals surface area contributed by atoms with E-state index in [1.54, 1.807) is 55.4 Å². The minimum absolute atomic E-state index is 0.00386. The highest BCUT2D eigenvalue weighted by Crippen LogP contribution is 2.18. The van der Waals surface area contributed by atoms with E-state index in [1.807, 2.05) is 0 Å². The van der Waals surface area contributed by atoms with E-state index < -0.39 is 47.0 Å². The molecule has 0 saturated heterocycles. The summed E-state index contributed by atoms with van der Waals surface area (Å²) in [6.45, 7) is 17.9. The number of rotatable bonds is 33. The largest absolute Gasteiger partial charge is 0.466 e. The van der Waals surface area contributed by atoms with Crippen LogP contribution < -0.4 is 16.0 Å². The van der Waals surface area contributed by atoms with Gasteiger partial charge < -0.3 is 49.1 Å². The van der Waals surface area contributed by atoms with Crippen molar-refractivity contribution < 1.29 is 66.7 Å². The average molecular weight is 832 g/mol. The molecule has 0 aromatic rings. The molecule has 0 radical (unpaired) electrons. The second kappa shape index (κ2) is 32.1. The summed E-state index contributed by atoms with van der Waals surface area (Å²) in [5.41, 5.74) is -1.24. The first-order valence-electron chi connectivity index (χ1n) is 20.7. The van der Waals surface area contributed by atoms with Crippen LogP contribution in [0.2, 0.25) is 0 Å². The molecule has 0 rings (SSSR count). The maximum Gasteiger partial charge on any atom is 0.407 e. The van der Waals surface area contributed by atoms with Crippen molar-refractivity contribution in [2.75, 3.05) is 72.5 Å². The van der Waals surface area contributed by atoms with E-state index in [0.29, 0.717) is 91.4 Å². The molecule has 0 saturated carbocycles. The number of nitrogens with one attached hydrogen (secondary N) is 3. The number of carbonyl (C=O) groups excluding carboxylic acids is 7. The molecule has 17 nitrogen and oxygen atoms in total. The van der Waals surface area contributed by atoms with Crippen LogP contribution in [0, 0.1) is 11.8 Å². The molecule has 0 bridgehead atoms. The van der Waals surface area contributed by atoms with Gasteiger partial charge in [-0.3, -0.25) is 28.8 Å². The van der Waals surface area contributed by atoms with Gasteiger partial charge in [-0.25, -0.2) is 4.79 Å². The summed E-state index contributed by atoms with van der Waals surface area (Å²) in [6.07, 6.45) is 2.35. The van der Waals surface area contributed by atoms with Gasteiger partial charge in [-0.05, 0) is 87.5 Å². The molecule has 0 aromatic heterocycles. The Bertz CT molecular complexity index is 1220. The third-order valence-corrected chi connectivity index (χ3v) is 7.87. The summed E-state index contributed by atoms with van der Waals surface area (Å²) in [7, 11) is 0. The minimum atomic E-state index is -0.759. The standard InChI is InChI=1S/C41H73N3O14/c1-9-55-35(47)19-16-32(38(50)56-10-2)29-33(45)17-18-34(46)42-21-13-23-52-25-27-54-28-26-53-24-14-22-43-37(49)31(30-36(48)57-40(3,4)5)15-11-12-20-44-39(51)58-41(6,7)8/h31-32H,9-30H2,1-8H3,(H,42,46)(H,43,49)(H,44,51). The number of hydrogen-bond donors (Lipinski definition) is 3. The summed E-state index contributed by atoms with van der Waals surface area (Å²) in [6, 6.07) is 0. The van der Waals surface area contributed by atoms with Crippen molar-refractivity contribution >= 4 is 41.6 Å². The van der Waals surface area contributed by atoms with Crippen LogP contribution in [-0.2, 0) is 61.9 Å². The van der Waals surface area contributed by atoms with Gasteiger partial charge in [0.25, 0.3) is 0 Å². The lowest BCUT2D eigenvalue weighted by molar-refractivity contribution is -0.157. The highest BCUT2D eigenvalue weighted by molar-refractivity contribution is 5.88. The topological polar surface area (TPSA) is 220 Å². The van der Waals surface area contributed by atoms with E-state index in [0.717, 1.165) is 0 Å². The van der Waals surface area contributed by atoms with Gasteiger partial charge in [0.1, 0.15) is 17.0 Å². The maximum absolute atomic E-state index is 12.9. The zero-order chi connectivity index (χ0) is 43.8. The molecule has 2 unspecified atom stereocenters. The number of amides is 3. The molecule has 0 aliphatic rings. The molecular weight excluding hydrogens is 758 g/mol. The fourth-order valence-corrected chi connectivity index (χ4v) is 5.21. The number of ether oxygens (including phenoxy) is 7. The number of hydrogen-bond acceptors (Lipinski definition) is 14. The lowest BCUT2D eigenvalue weighted by Gasteiger charge is -2.22. The fourth-order valence-electron chi connectivity index (χ4n) is 5.21. The van der Waals surface area contributed by atoms with Gasteiger partial charge in [0, 0.05) is 64.4 Å². The first-order chi connectivity index (χ1) is 27.4. The Morgan fingerprint density at radius 2 is 1.07 bits per heavy atom. The summed E-state index contributed by atoms with van der Waals surface area (Å²) < 4.78 is 37.2. The normalized spacial score (nSPS) is 12.5. The number of Topliss-reactive ketones (excluding diaryl/α,β-unsaturated/α-hetero) is 1. The Kier molecular flexibility index (Phi) is 30.0. The molecule has 3 N–H and O–H groups in total. The van der Waals surface area contributed by atoms with Crippen molar-refractivity contribution in [3.05, 3.63) is 0 Å². The summed E-state index contributed by atoms with van der Waals surface area (Å²) in [5.74, 6) is -3.51. The van der Waals surface area contributed by atoms with E-state index in [9.17, 15) is 33.6 Å². The van der Waals surface area contributed by atoms with Gasteiger partial charge in [-0.2, -0.15) is 0 Å². The van der Waals surface area contributed by atoms with Crippen molar-refractivity contribution in [2.45, 2.75) is 137 Å². The van der Waals surface area contributed by atoms with Crippen LogP contribution in [0.15, 0.2) is 0 Å². The first kappa shape index (κ1) is 54.2. The Balaban J connectivity index is 4.10. The second-order valence-corrected chi connectivity index (χ2v) is 15.6. The zero-order valence-electron chi connectivity index (χ0n) is 36.4. The monoisotopic (exact) mass is 832 g/mol. The third-order valence-electron chi connectivity index (χ3n) is 7.87. The van der Waals surface area contributed by atoms with Crippen LogP contribution in [-0.4, -0.2) is 125 Å². The molecule has 0 heterocycles. The number of carbonyl (C=O) groups is 7. The Labute approximate surface area is 345 Å². The van der Waals surface area contributed by atoms with Gasteiger partial charge >= 0.3 is 24.0 Å². The SMILES string of the molecule is CCOC(=O)CCC(CC(=O)CCC(=O)NCCCOCCOCCOCCCNC(=O)C(CCCCNC(=O)OC(C)(C)C)CC(=O)OC(C)(C)C)C(=O)OCC. The van der Waals surface area contributed by atoms with Crippen LogP contribution in [0.1, 0.15) is 126 Å². The van der Waals surface area contributed by atoms with E-state index in [4.69, 9.17) is 33.2 Å². The molecular formula is C41H73N3O14.